The summed E-state index contributed by atoms with van der Waals surface area (Å²) in [4.78, 5) is 31.7. The fourth-order valence-electron chi connectivity index (χ4n) is 3.12. The lowest BCUT2D eigenvalue weighted by Crippen LogP contribution is -2.47. The molecule has 1 saturated heterocycles. The van der Waals surface area contributed by atoms with Crippen LogP contribution < -0.4 is 10.6 Å². The van der Waals surface area contributed by atoms with E-state index in [9.17, 15) is 9.59 Å². The van der Waals surface area contributed by atoms with Gasteiger partial charge in [0.05, 0.1) is 5.92 Å². The molecule has 2 heterocycles. The minimum Gasteiger partial charge on any atom is -0.391 e. The van der Waals surface area contributed by atoms with Crippen molar-refractivity contribution in [1.29, 1.82) is 0 Å². The number of hydrogen-bond acceptors (Lipinski definition) is 4. The van der Waals surface area contributed by atoms with Crippen LogP contribution in [0.5, 0.6) is 0 Å². The first-order valence-electron chi connectivity index (χ1n) is 8.67. The summed E-state index contributed by atoms with van der Waals surface area (Å²) in [6.45, 7) is 4.95. The smallest absolute Gasteiger partial charge is 0.321 e. The molecule has 0 radical (unpaired) electrons. The lowest BCUT2D eigenvalue weighted by molar-refractivity contribution is -0.124. The van der Waals surface area contributed by atoms with Gasteiger partial charge in [0.15, 0.2) is 5.84 Å². The fraction of sp³-hybridized carbons (Fsp3) is 0.500. The standard InChI is InChI=1S/C18H24N4O3/c1-12-5-3-7-15(9-12)19-18(24)22-8-4-6-14(11-22)17(23)20-16-10-13(2)25-21-16/h3,5,7,9,13-14H,4,6,8,10-11H2,1-2H3,(H,19,24)(H,20,21,23)/t13-,14-/m0/s1. The molecular weight excluding hydrogens is 320 g/mol. The number of carbonyl (C=O) groups is 2. The number of rotatable bonds is 2. The quantitative estimate of drug-likeness (QED) is 0.864. The maximum atomic E-state index is 12.5. The van der Waals surface area contributed by atoms with Crippen LogP contribution in [0.25, 0.3) is 0 Å². The molecule has 2 aliphatic heterocycles. The van der Waals surface area contributed by atoms with Gasteiger partial charge in [0.25, 0.3) is 0 Å². The monoisotopic (exact) mass is 344 g/mol. The van der Waals surface area contributed by atoms with E-state index < -0.39 is 0 Å². The molecule has 0 aliphatic carbocycles. The molecule has 0 aromatic heterocycles. The van der Waals surface area contributed by atoms with Gasteiger partial charge in [0.1, 0.15) is 6.10 Å². The van der Waals surface area contributed by atoms with Crippen molar-refractivity contribution in [1.82, 2.24) is 10.2 Å². The number of amides is 3. The second-order valence-corrected chi connectivity index (χ2v) is 6.73. The average molecular weight is 344 g/mol. The second-order valence-electron chi connectivity index (χ2n) is 6.73. The fourth-order valence-corrected chi connectivity index (χ4v) is 3.12. The lowest BCUT2D eigenvalue weighted by atomic mass is 9.97. The third-order valence-electron chi connectivity index (χ3n) is 4.44. The molecule has 3 rings (SSSR count). The Morgan fingerprint density at radius 3 is 2.88 bits per heavy atom. The largest absolute Gasteiger partial charge is 0.391 e. The average Bonchev–Trinajstić information content (AvgIpc) is 3.00. The van der Waals surface area contributed by atoms with Crippen LogP contribution in [-0.2, 0) is 9.63 Å². The lowest BCUT2D eigenvalue weighted by Gasteiger charge is -2.32. The molecule has 134 valence electrons. The molecule has 1 aromatic rings. The third-order valence-corrected chi connectivity index (χ3v) is 4.44. The van der Waals surface area contributed by atoms with Gasteiger partial charge in [-0.2, -0.15) is 0 Å². The number of amidine groups is 1. The zero-order chi connectivity index (χ0) is 17.8. The molecule has 0 saturated carbocycles. The summed E-state index contributed by atoms with van der Waals surface area (Å²) in [6.07, 6.45) is 2.18. The van der Waals surface area contributed by atoms with Crippen molar-refractivity contribution in [3.63, 3.8) is 0 Å². The Bertz CT molecular complexity index is 689. The van der Waals surface area contributed by atoms with Gasteiger partial charge in [0.2, 0.25) is 5.91 Å². The minimum absolute atomic E-state index is 0.00161. The highest BCUT2D eigenvalue weighted by Gasteiger charge is 2.30. The minimum atomic E-state index is -0.226. The normalized spacial score (nSPS) is 22.8. The van der Waals surface area contributed by atoms with Crippen LogP contribution in [-0.4, -0.2) is 41.9 Å². The number of likely N-dealkylation sites (tertiary alicyclic amines) is 1. The van der Waals surface area contributed by atoms with Crippen molar-refractivity contribution >= 4 is 23.5 Å². The number of nitrogens with zero attached hydrogens (tertiary/aromatic N) is 2. The topological polar surface area (TPSA) is 83.0 Å². The summed E-state index contributed by atoms with van der Waals surface area (Å²) in [5.74, 6) is 0.249. The first-order valence-corrected chi connectivity index (χ1v) is 8.67. The Morgan fingerprint density at radius 1 is 1.32 bits per heavy atom. The van der Waals surface area contributed by atoms with Crippen LogP contribution in [0.1, 0.15) is 31.7 Å². The molecule has 2 N–H and O–H groups in total. The van der Waals surface area contributed by atoms with E-state index in [2.05, 4.69) is 15.8 Å². The number of hydrogen-bond donors (Lipinski definition) is 2. The van der Waals surface area contributed by atoms with Gasteiger partial charge in [-0.1, -0.05) is 17.3 Å². The van der Waals surface area contributed by atoms with E-state index >= 15 is 0 Å². The van der Waals surface area contributed by atoms with Gasteiger partial charge in [-0.15, -0.1) is 0 Å². The maximum absolute atomic E-state index is 12.5. The SMILES string of the molecule is Cc1cccc(NC(=O)N2CCC[C@H](C(=O)NC3=NO[C@@H](C)C3)C2)c1. The molecule has 0 bridgehead atoms. The molecule has 0 unspecified atom stereocenters. The number of nitrogens with one attached hydrogen (secondary N) is 2. The van der Waals surface area contributed by atoms with E-state index in [-0.39, 0.29) is 24.0 Å². The number of oxime groups is 1. The van der Waals surface area contributed by atoms with E-state index in [4.69, 9.17) is 4.84 Å². The molecule has 25 heavy (non-hydrogen) atoms. The number of benzene rings is 1. The molecule has 7 nitrogen and oxygen atoms in total. The molecule has 3 amide bonds. The molecular formula is C18H24N4O3. The summed E-state index contributed by atoms with van der Waals surface area (Å²) in [5, 5.41) is 9.59. The Morgan fingerprint density at radius 2 is 2.16 bits per heavy atom. The van der Waals surface area contributed by atoms with Crippen molar-refractivity contribution in [2.75, 3.05) is 18.4 Å². The van der Waals surface area contributed by atoms with Crippen LogP contribution in [0, 0.1) is 12.8 Å². The molecule has 2 aliphatic rings. The maximum Gasteiger partial charge on any atom is 0.321 e. The van der Waals surface area contributed by atoms with Crippen molar-refractivity contribution in [2.45, 2.75) is 39.2 Å². The highest BCUT2D eigenvalue weighted by molar-refractivity contribution is 6.00. The van der Waals surface area contributed by atoms with Crippen LogP contribution in [0.4, 0.5) is 10.5 Å². The predicted octanol–water partition coefficient (Wildman–Crippen LogP) is 2.48. The summed E-state index contributed by atoms with van der Waals surface area (Å²) >= 11 is 0. The van der Waals surface area contributed by atoms with Crippen LogP contribution >= 0.6 is 0 Å². The van der Waals surface area contributed by atoms with Crippen LogP contribution in [0.15, 0.2) is 29.4 Å². The van der Waals surface area contributed by atoms with Crippen molar-refractivity contribution in [3.8, 4) is 0 Å². The van der Waals surface area contributed by atoms with Crippen molar-refractivity contribution in [3.05, 3.63) is 29.8 Å². The van der Waals surface area contributed by atoms with Crippen molar-refractivity contribution in [2.24, 2.45) is 11.1 Å². The highest BCUT2D eigenvalue weighted by atomic mass is 16.6. The Balaban J connectivity index is 1.55. The predicted molar refractivity (Wildman–Crippen MR) is 95.2 cm³/mol. The summed E-state index contributed by atoms with van der Waals surface area (Å²) in [5.41, 5.74) is 1.85. The zero-order valence-corrected chi connectivity index (χ0v) is 14.6. The molecule has 1 fully saturated rings. The van der Waals surface area contributed by atoms with Crippen LogP contribution in [0.2, 0.25) is 0 Å². The first-order chi connectivity index (χ1) is 12.0. The molecule has 1 aromatic carbocycles. The van der Waals surface area contributed by atoms with Gasteiger partial charge in [-0.25, -0.2) is 4.79 Å². The summed E-state index contributed by atoms with van der Waals surface area (Å²) in [6, 6.07) is 7.50. The van der Waals surface area contributed by atoms with E-state index in [1.54, 1.807) is 4.90 Å². The molecule has 7 heteroatoms. The van der Waals surface area contributed by atoms with Gasteiger partial charge >= 0.3 is 6.03 Å². The van der Waals surface area contributed by atoms with Gasteiger partial charge < -0.3 is 20.4 Å². The number of urea groups is 1. The van der Waals surface area contributed by atoms with Gasteiger partial charge in [0, 0.05) is 25.2 Å². The number of piperidine rings is 1. The number of carbonyl (C=O) groups excluding carboxylic acids is 2. The zero-order valence-electron chi connectivity index (χ0n) is 14.6. The number of aryl methyl sites for hydroxylation is 1. The van der Waals surface area contributed by atoms with E-state index in [0.717, 1.165) is 24.1 Å². The summed E-state index contributed by atoms with van der Waals surface area (Å²) < 4.78 is 0. The van der Waals surface area contributed by atoms with Gasteiger partial charge in [-0.05, 0) is 44.4 Å². The Hall–Kier alpha value is -2.57. The van der Waals surface area contributed by atoms with Crippen molar-refractivity contribution < 1.29 is 14.4 Å². The Labute approximate surface area is 147 Å². The molecule has 0 spiro atoms. The second kappa shape index (κ2) is 7.55. The summed E-state index contributed by atoms with van der Waals surface area (Å²) in [7, 11) is 0. The molecule has 2 atom stereocenters. The van der Waals surface area contributed by atoms with E-state index in [0.29, 0.717) is 25.3 Å². The van der Waals surface area contributed by atoms with Gasteiger partial charge in [-0.3, -0.25) is 4.79 Å². The highest BCUT2D eigenvalue weighted by Crippen LogP contribution is 2.19. The van der Waals surface area contributed by atoms with E-state index in [1.165, 1.54) is 0 Å². The number of anilines is 1. The first kappa shape index (κ1) is 17.3. The van der Waals surface area contributed by atoms with Crippen LogP contribution in [0.3, 0.4) is 0 Å². The van der Waals surface area contributed by atoms with E-state index in [1.807, 2.05) is 38.1 Å². The third kappa shape index (κ3) is 4.49. The Kier molecular flexibility index (Phi) is 5.21.